The summed E-state index contributed by atoms with van der Waals surface area (Å²) in [6.07, 6.45) is 0.569. The van der Waals surface area contributed by atoms with Crippen molar-refractivity contribution in [2.75, 3.05) is 0 Å². The second-order valence-corrected chi connectivity index (χ2v) is 6.12. The van der Waals surface area contributed by atoms with E-state index in [-0.39, 0.29) is 6.10 Å². The fourth-order valence-electron chi connectivity index (χ4n) is 1.32. The third-order valence-electron chi connectivity index (χ3n) is 1.95. The molecule has 4 heteroatoms. The van der Waals surface area contributed by atoms with Crippen LogP contribution in [0.25, 0.3) is 0 Å². The molecule has 1 aromatic heterocycles. The lowest BCUT2D eigenvalue weighted by Gasteiger charge is -2.14. The Bertz CT molecular complexity index is 275. The fourth-order valence-corrected chi connectivity index (χ4v) is 2.75. The maximum Gasteiger partial charge on any atom is 0.0701 e. The van der Waals surface area contributed by atoms with Crippen LogP contribution in [0, 0.1) is 0 Å². The maximum absolute atomic E-state index is 9.18. The molecule has 1 aromatic rings. The molecule has 0 aromatic carbocycles. The maximum atomic E-state index is 9.18. The molecule has 1 heterocycles. The minimum absolute atomic E-state index is 0.229. The van der Waals surface area contributed by atoms with Crippen LogP contribution in [0.2, 0.25) is 0 Å². The van der Waals surface area contributed by atoms with Crippen molar-refractivity contribution in [2.45, 2.75) is 39.0 Å². The number of hydrogen-bond acceptors (Lipinski definition) is 3. The minimum atomic E-state index is -0.229. The predicted octanol–water partition coefficient (Wildman–Crippen LogP) is 2.76. The van der Waals surface area contributed by atoms with Crippen molar-refractivity contribution in [2.24, 2.45) is 0 Å². The molecule has 2 N–H and O–H groups in total. The fraction of sp³-hybridized carbons (Fsp3) is 0.600. The zero-order valence-corrected chi connectivity index (χ0v) is 10.9. The molecule has 0 radical (unpaired) electrons. The van der Waals surface area contributed by atoms with Crippen LogP contribution in [0.5, 0.6) is 0 Å². The first kappa shape index (κ1) is 12.2. The van der Waals surface area contributed by atoms with Gasteiger partial charge in [0, 0.05) is 17.5 Å². The van der Waals surface area contributed by atoms with Gasteiger partial charge < -0.3 is 10.4 Å². The second kappa shape index (κ2) is 5.85. The molecular formula is C10H16BrNOS. The van der Waals surface area contributed by atoms with Crippen molar-refractivity contribution in [3.8, 4) is 0 Å². The Balaban J connectivity index is 2.26. The summed E-state index contributed by atoms with van der Waals surface area (Å²) in [7, 11) is 0. The van der Waals surface area contributed by atoms with Crippen LogP contribution in [-0.4, -0.2) is 17.3 Å². The molecule has 80 valence electrons. The zero-order chi connectivity index (χ0) is 10.6. The average molecular weight is 278 g/mol. The van der Waals surface area contributed by atoms with Crippen molar-refractivity contribution in [1.29, 1.82) is 0 Å². The van der Waals surface area contributed by atoms with E-state index < -0.39 is 0 Å². The lowest BCUT2D eigenvalue weighted by Crippen LogP contribution is -2.28. The topological polar surface area (TPSA) is 32.3 Å². The first-order chi connectivity index (χ1) is 6.58. The molecule has 0 saturated heterocycles. The molecule has 0 fully saturated rings. The second-order valence-electron chi connectivity index (χ2n) is 3.57. The Labute approximate surface area is 97.5 Å². The molecule has 0 amide bonds. The summed E-state index contributed by atoms with van der Waals surface area (Å²) in [5.74, 6) is 0. The number of thiophene rings is 1. The van der Waals surface area contributed by atoms with E-state index in [4.69, 9.17) is 0 Å². The molecule has 1 rings (SSSR count). The molecule has 2 unspecified atom stereocenters. The van der Waals surface area contributed by atoms with Gasteiger partial charge in [-0.1, -0.05) is 0 Å². The number of hydrogen-bond donors (Lipinski definition) is 2. The standard InChI is InChI=1S/C10H16BrNOS/c1-7(5-8(2)13)12-6-9-3-4-10(11)14-9/h3-4,7-8,12-13H,5-6H2,1-2H3. The average Bonchev–Trinajstić information content (AvgIpc) is 2.47. The molecule has 0 aliphatic rings. The summed E-state index contributed by atoms with van der Waals surface area (Å²) in [4.78, 5) is 1.31. The van der Waals surface area contributed by atoms with E-state index in [1.807, 2.05) is 6.92 Å². The van der Waals surface area contributed by atoms with Gasteiger partial charge >= 0.3 is 0 Å². The summed E-state index contributed by atoms with van der Waals surface area (Å²) in [5, 5.41) is 12.6. The van der Waals surface area contributed by atoms with E-state index in [1.54, 1.807) is 11.3 Å². The minimum Gasteiger partial charge on any atom is -0.393 e. The van der Waals surface area contributed by atoms with Gasteiger partial charge in [-0.25, -0.2) is 0 Å². The van der Waals surface area contributed by atoms with Crippen LogP contribution >= 0.6 is 27.3 Å². The highest BCUT2D eigenvalue weighted by molar-refractivity contribution is 9.11. The summed E-state index contributed by atoms with van der Waals surface area (Å²) in [6, 6.07) is 4.52. The lowest BCUT2D eigenvalue weighted by molar-refractivity contribution is 0.170. The van der Waals surface area contributed by atoms with Crippen LogP contribution in [0.15, 0.2) is 15.9 Å². The largest absolute Gasteiger partial charge is 0.393 e. The van der Waals surface area contributed by atoms with Crippen LogP contribution in [0.1, 0.15) is 25.1 Å². The zero-order valence-electron chi connectivity index (χ0n) is 8.46. The normalized spacial score (nSPS) is 15.4. The predicted molar refractivity (Wildman–Crippen MR) is 64.6 cm³/mol. The van der Waals surface area contributed by atoms with E-state index in [9.17, 15) is 5.11 Å². The van der Waals surface area contributed by atoms with Crippen LogP contribution in [-0.2, 0) is 6.54 Å². The third-order valence-corrected chi connectivity index (χ3v) is 3.57. The smallest absolute Gasteiger partial charge is 0.0701 e. The first-order valence-electron chi connectivity index (χ1n) is 4.73. The number of rotatable bonds is 5. The number of aliphatic hydroxyl groups is 1. The molecule has 2 atom stereocenters. The third kappa shape index (κ3) is 4.55. The summed E-state index contributed by atoms with van der Waals surface area (Å²) < 4.78 is 1.16. The molecule has 0 saturated carbocycles. The molecule has 0 aliphatic heterocycles. The summed E-state index contributed by atoms with van der Waals surface area (Å²) in [6.45, 7) is 4.79. The Morgan fingerprint density at radius 1 is 1.50 bits per heavy atom. The quantitative estimate of drug-likeness (QED) is 0.868. The first-order valence-corrected chi connectivity index (χ1v) is 6.34. The van der Waals surface area contributed by atoms with E-state index in [1.165, 1.54) is 4.88 Å². The van der Waals surface area contributed by atoms with Crippen LogP contribution in [0.3, 0.4) is 0 Å². The van der Waals surface area contributed by atoms with E-state index in [0.29, 0.717) is 6.04 Å². The Kier molecular flexibility index (Phi) is 5.09. The molecule has 0 bridgehead atoms. The number of halogens is 1. The van der Waals surface area contributed by atoms with Gasteiger partial charge in [-0.2, -0.15) is 0 Å². The van der Waals surface area contributed by atoms with E-state index in [0.717, 1.165) is 16.8 Å². The highest BCUT2D eigenvalue weighted by Gasteiger charge is 2.05. The number of aliphatic hydroxyl groups excluding tert-OH is 1. The Morgan fingerprint density at radius 2 is 2.21 bits per heavy atom. The molecule has 0 aliphatic carbocycles. The monoisotopic (exact) mass is 277 g/mol. The van der Waals surface area contributed by atoms with Crippen molar-refractivity contribution in [3.05, 3.63) is 20.8 Å². The van der Waals surface area contributed by atoms with Crippen molar-refractivity contribution < 1.29 is 5.11 Å². The van der Waals surface area contributed by atoms with Gasteiger partial charge in [0.05, 0.1) is 9.89 Å². The Hall–Kier alpha value is 0.1000. The van der Waals surface area contributed by atoms with Crippen molar-refractivity contribution in [1.82, 2.24) is 5.32 Å². The van der Waals surface area contributed by atoms with Crippen LogP contribution < -0.4 is 5.32 Å². The number of nitrogens with one attached hydrogen (secondary N) is 1. The van der Waals surface area contributed by atoms with Gasteiger partial charge in [0.25, 0.3) is 0 Å². The van der Waals surface area contributed by atoms with Crippen LogP contribution in [0.4, 0.5) is 0 Å². The van der Waals surface area contributed by atoms with Gasteiger partial charge in [0.1, 0.15) is 0 Å². The van der Waals surface area contributed by atoms with E-state index in [2.05, 4.69) is 40.3 Å². The van der Waals surface area contributed by atoms with Crippen molar-refractivity contribution >= 4 is 27.3 Å². The SMILES string of the molecule is CC(O)CC(C)NCc1ccc(Br)s1. The highest BCUT2D eigenvalue weighted by atomic mass is 79.9. The molecule has 14 heavy (non-hydrogen) atoms. The van der Waals surface area contributed by atoms with Crippen molar-refractivity contribution in [3.63, 3.8) is 0 Å². The van der Waals surface area contributed by atoms with Gasteiger partial charge in [0.15, 0.2) is 0 Å². The van der Waals surface area contributed by atoms with E-state index >= 15 is 0 Å². The molecule has 2 nitrogen and oxygen atoms in total. The highest BCUT2D eigenvalue weighted by Crippen LogP contribution is 2.21. The molecule has 0 spiro atoms. The molecular weight excluding hydrogens is 262 g/mol. The van der Waals surface area contributed by atoms with Gasteiger partial charge in [-0.15, -0.1) is 11.3 Å². The Morgan fingerprint density at radius 3 is 2.71 bits per heavy atom. The summed E-state index contributed by atoms with van der Waals surface area (Å²) >= 11 is 5.17. The lowest BCUT2D eigenvalue weighted by atomic mass is 10.1. The van der Waals surface area contributed by atoms with Gasteiger partial charge in [0.2, 0.25) is 0 Å². The van der Waals surface area contributed by atoms with Gasteiger partial charge in [-0.05, 0) is 48.3 Å². The van der Waals surface area contributed by atoms with Gasteiger partial charge in [-0.3, -0.25) is 0 Å². The summed E-state index contributed by atoms with van der Waals surface area (Å²) in [5.41, 5.74) is 0.